The van der Waals surface area contributed by atoms with Gasteiger partial charge in [-0.3, -0.25) is 9.59 Å². The number of hydrogen-bond donors (Lipinski definition) is 2. The molecule has 0 bridgehead atoms. The van der Waals surface area contributed by atoms with E-state index in [0.717, 1.165) is 0 Å². The lowest BCUT2D eigenvalue weighted by Crippen LogP contribution is -2.41. The van der Waals surface area contributed by atoms with Crippen LogP contribution in [0.5, 0.6) is 0 Å². The Labute approximate surface area is 165 Å². The number of amides is 2. The quantitative estimate of drug-likeness (QED) is 0.650. The summed E-state index contributed by atoms with van der Waals surface area (Å²) in [5.41, 5.74) is -3.80. The van der Waals surface area contributed by atoms with Crippen LogP contribution in [0.2, 0.25) is 5.02 Å². The summed E-state index contributed by atoms with van der Waals surface area (Å²) in [6.45, 7) is 1.22. The number of carbonyl (C=O) groups excluding carboxylic acids is 2. The van der Waals surface area contributed by atoms with Crippen molar-refractivity contribution in [1.82, 2.24) is 5.32 Å². The van der Waals surface area contributed by atoms with Crippen molar-refractivity contribution in [1.29, 1.82) is 0 Å². The minimum absolute atomic E-state index is 0.0898. The summed E-state index contributed by atoms with van der Waals surface area (Å²) >= 11 is 5.71. The lowest BCUT2D eigenvalue weighted by molar-refractivity contribution is -0.143. The van der Waals surface area contributed by atoms with Crippen LogP contribution >= 0.6 is 11.6 Å². The molecule has 0 radical (unpaired) electrons. The van der Waals surface area contributed by atoms with Crippen molar-refractivity contribution in [3.05, 3.63) is 64.2 Å². The van der Waals surface area contributed by atoms with E-state index in [1.807, 2.05) is 0 Å². The monoisotopic (exact) mass is 438 g/mol. The third-order valence-corrected chi connectivity index (χ3v) is 3.95. The van der Waals surface area contributed by atoms with Gasteiger partial charge in [-0.2, -0.15) is 26.3 Å². The maximum Gasteiger partial charge on any atom is 0.416 e. The summed E-state index contributed by atoms with van der Waals surface area (Å²) < 4.78 is 77.3. The zero-order valence-electron chi connectivity index (χ0n) is 14.6. The van der Waals surface area contributed by atoms with Crippen molar-refractivity contribution < 1.29 is 35.9 Å². The average Bonchev–Trinajstić information content (AvgIpc) is 2.61. The van der Waals surface area contributed by atoms with Crippen LogP contribution in [0, 0.1) is 0 Å². The van der Waals surface area contributed by atoms with Crippen LogP contribution < -0.4 is 10.6 Å². The first-order valence-corrected chi connectivity index (χ1v) is 8.32. The SMILES string of the molecule is CC(NC(=O)c1cc(C(F)(F)F)cc(C(F)(F)F)c1)C(=O)Nc1ccc(Cl)cc1. The van der Waals surface area contributed by atoms with Crippen LogP contribution in [0.25, 0.3) is 0 Å². The Balaban J connectivity index is 2.20. The standard InChI is InChI=1S/C18H13ClF6N2O2/c1-9(15(28)27-14-4-2-13(19)3-5-14)26-16(29)10-6-11(17(20,21)22)8-12(7-10)18(23,24)25/h2-9H,1H3,(H,26,29)(H,27,28). The van der Waals surface area contributed by atoms with Gasteiger partial charge >= 0.3 is 12.4 Å². The highest BCUT2D eigenvalue weighted by molar-refractivity contribution is 6.30. The number of halogens is 7. The molecule has 0 fully saturated rings. The summed E-state index contributed by atoms with van der Waals surface area (Å²) in [6, 6.07) is 5.15. The molecule has 1 unspecified atom stereocenters. The van der Waals surface area contributed by atoms with E-state index in [9.17, 15) is 35.9 Å². The van der Waals surface area contributed by atoms with Crippen LogP contribution in [0.15, 0.2) is 42.5 Å². The van der Waals surface area contributed by atoms with Crippen LogP contribution in [-0.2, 0) is 17.1 Å². The van der Waals surface area contributed by atoms with Gasteiger partial charge < -0.3 is 10.6 Å². The summed E-state index contributed by atoms with van der Waals surface area (Å²) in [7, 11) is 0. The van der Waals surface area contributed by atoms with Gasteiger partial charge in [-0.1, -0.05) is 11.6 Å². The Hall–Kier alpha value is -2.75. The minimum atomic E-state index is -5.09. The fourth-order valence-corrected chi connectivity index (χ4v) is 2.34. The Kier molecular flexibility index (Phi) is 6.46. The Bertz CT molecular complexity index is 878. The molecule has 0 saturated carbocycles. The molecule has 0 spiro atoms. The van der Waals surface area contributed by atoms with Crippen molar-refractivity contribution in [3.8, 4) is 0 Å². The number of nitrogens with one attached hydrogen (secondary N) is 2. The normalized spacial score (nSPS) is 13.0. The first kappa shape index (κ1) is 22.5. The Morgan fingerprint density at radius 1 is 0.897 bits per heavy atom. The summed E-state index contributed by atoms with van der Waals surface area (Å²) in [5, 5.41) is 4.91. The van der Waals surface area contributed by atoms with Gasteiger partial charge in [-0.25, -0.2) is 0 Å². The van der Waals surface area contributed by atoms with Gasteiger partial charge in [0.05, 0.1) is 11.1 Å². The van der Waals surface area contributed by atoms with Crippen LogP contribution in [0.4, 0.5) is 32.0 Å². The highest BCUT2D eigenvalue weighted by atomic mass is 35.5. The smallest absolute Gasteiger partial charge is 0.341 e. The van der Waals surface area contributed by atoms with E-state index in [-0.39, 0.29) is 18.2 Å². The van der Waals surface area contributed by atoms with E-state index < -0.39 is 46.9 Å². The molecular weight excluding hydrogens is 426 g/mol. The summed E-state index contributed by atoms with van der Waals surface area (Å²) in [5.74, 6) is -2.00. The fraction of sp³-hybridized carbons (Fsp3) is 0.222. The molecule has 0 aromatic heterocycles. The minimum Gasteiger partial charge on any atom is -0.341 e. The Morgan fingerprint density at radius 3 is 1.83 bits per heavy atom. The van der Waals surface area contributed by atoms with E-state index in [0.29, 0.717) is 10.7 Å². The number of hydrogen-bond acceptors (Lipinski definition) is 2. The van der Waals surface area contributed by atoms with Gasteiger partial charge in [-0.05, 0) is 49.4 Å². The zero-order chi connectivity index (χ0) is 22.0. The van der Waals surface area contributed by atoms with Gasteiger partial charge in [0.15, 0.2) is 0 Å². The number of rotatable bonds is 4. The molecule has 29 heavy (non-hydrogen) atoms. The molecule has 0 saturated heterocycles. The predicted octanol–water partition coefficient (Wildman–Crippen LogP) is 5.13. The molecule has 2 N–H and O–H groups in total. The molecule has 2 aromatic rings. The second-order valence-corrected chi connectivity index (χ2v) is 6.42. The number of anilines is 1. The van der Waals surface area contributed by atoms with Crippen LogP contribution in [-0.4, -0.2) is 17.9 Å². The molecule has 156 valence electrons. The van der Waals surface area contributed by atoms with Crippen LogP contribution in [0.3, 0.4) is 0 Å². The lowest BCUT2D eigenvalue weighted by atomic mass is 10.0. The maximum absolute atomic E-state index is 12.9. The van der Waals surface area contributed by atoms with Gasteiger partial charge in [0.25, 0.3) is 5.91 Å². The molecule has 11 heteroatoms. The highest BCUT2D eigenvalue weighted by Gasteiger charge is 2.37. The predicted molar refractivity (Wildman–Crippen MR) is 93.5 cm³/mol. The van der Waals surface area contributed by atoms with Crippen molar-refractivity contribution >= 4 is 29.1 Å². The molecule has 4 nitrogen and oxygen atoms in total. The molecule has 2 aromatic carbocycles. The molecule has 2 amide bonds. The molecule has 0 aliphatic heterocycles. The molecule has 0 heterocycles. The molecule has 2 rings (SSSR count). The second-order valence-electron chi connectivity index (χ2n) is 5.99. The van der Waals surface area contributed by atoms with Gasteiger partial charge in [-0.15, -0.1) is 0 Å². The maximum atomic E-state index is 12.9. The third kappa shape index (κ3) is 6.11. The molecule has 1 atom stereocenters. The fourth-order valence-electron chi connectivity index (χ4n) is 2.22. The van der Waals surface area contributed by atoms with E-state index in [2.05, 4.69) is 10.6 Å². The highest BCUT2D eigenvalue weighted by Crippen LogP contribution is 2.36. The summed E-state index contributed by atoms with van der Waals surface area (Å²) in [4.78, 5) is 24.3. The van der Waals surface area contributed by atoms with Crippen LogP contribution in [0.1, 0.15) is 28.4 Å². The largest absolute Gasteiger partial charge is 0.416 e. The number of benzene rings is 2. The average molecular weight is 439 g/mol. The van der Waals surface area contributed by atoms with E-state index >= 15 is 0 Å². The third-order valence-electron chi connectivity index (χ3n) is 3.70. The van der Waals surface area contributed by atoms with Gasteiger partial charge in [0.1, 0.15) is 6.04 Å². The van der Waals surface area contributed by atoms with Gasteiger partial charge in [0.2, 0.25) is 5.91 Å². The molecule has 0 aliphatic rings. The topological polar surface area (TPSA) is 58.2 Å². The second kappa shape index (κ2) is 8.32. The van der Waals surface area contributed by atoms with E-state index in [4.69, 9.17) is 11.6 Å². The molecular formula is C18H13ClF6N2O2. The zero-order valence-corrected chi connectivity index (χ0v) is 15.3. The first-order valence-electron chi connectivity index (χ1n) is 7.94. The number of carbonyl (C=O) groups is 2. The summed E-state index contributed by atoms with van der Waals surface area (Å²) in [6.07, 6.45) is -10.2. The van der Waals surface area contributed by atoms with Crippen molar-refractivity contribution in [2.24, 2.45) is 0 Å². The number of alkyl halides is 6. The van der Waals surface area contributed by atoms with Crippen molar-refractivity contribution in [3.63, 3.8) is 0 Å². The Morgan fingerprint density at radius 2 is 1.38 bits per heavy atom. The lowest BCUT2D eigenvalue weighted by Gasteiger charge is -2.17. The van der Waals surface area contributed by atoms with Crippen molar-refractivity contribution in [2.45, 2.75) is 25.3 Å². The van der Waals surface area contributed by atoms with Gasteiger partial charge in [0, 0.05) is 16.3 Å². The van der Waals surface area contributed by atoms with E-state index in [1.54, 1.807) is 0 Å². The van der Waals surface area contributed by atoms with Crippen molar-refractivity contribution in [2.75, 3.05) is 5.32 Å². The first-order chi connectivity index (χ1) is 13.3. The van der Waals surface area contributed by atoms with E-state index in [1.165, 1.54) is 31.2 Å². The molecule has 0 aliphatic carbocycles.